The molecule has 0 saturated carbocycles. The maximum Gasteiger partial charge on any atom is 0.123 e. The van der Waals surface area contributed by atoms with Crippen molar-refractivity contribution in [1.82, 2.24) is 5.32 Å². The van der Waals surface area contributed by atoms with Crippen LogP contribution >= 0.6 is 15.9 Å². The van der Waals surface area contributed by atoms with Crippen molar-refractivity contribution in [3.8, 4) is 5.75 Å². The molecule has 1 aromatic carbocycles. The third-order valence-electron chi connectivity index (χ3n) is 2.40. The Morgan fingerprint density at radius 3 is 3.07 bits per heavy atom. The molecule has 1 aromatic rings. The summed E-state index contributed by atoms with van der Waals surface area (Å²) in [6.45, 7) is 5.42. The second kappa shape index (κ2) is 4.81. The van der Waals surface area contributed by atoms with Gasteiger partial charge in [-0.05, 0) is 11.6 Å². The van der Waals surface area contributed by atoms with E-state index in [0.717, 1.165) is 29.7 Å². The van der Waals surface area contributed by atoms with Crippen molar-refractivity contribution in [2.45, 2.75) is 12.5 Å². The van der Waals surface area contributed by atoms with Gasteiger partial charge in [0.25, 0.3) is 0 Å². The molecule has 1 aliphatic rings. The molecule has 1 heterocycles. The zero-order valence-electron chi connectivity index (χ0n) is 8.50. The molecular formula is C12H14BrNO. The number of para-hydroxylation sites is 1. The van der Waals surface area contributed by atoms with E-state index in [-0.39, 0.29) is 6.10 Å². The van der Waals surface area contributed by atoms with Crippen LogP contribution in [0.5, 0.6) is 5.75 Å². The number of hydrogen-bond donors (Lipinski definition) is 1. The Bertz CT molecular complexity index is 339. The summed E-state index contributed by atoms with van der Waals surface area (Å²) in [5.41, 5.74) is 1.31. The van der Waals surface area contributed by atoms with Crippen molar-refractivity contribution < 1.29 is 4.74 Å². The molecule has 1 atom stereocenters. The summed E-state index contributed by atoms with van der Waals surface area (Å²) in [7, 11) is 0. The number of halogens is 1. The first-order valence-electron chi connectivity index (χ1n) is 5.04. The Kier molecular flexibility index (Phi) is 3.44. The molecule has 2 nitrogen and oxygen atoms in total. The van der Waals surface area contributed by atoms with E-state index in [0.29, 0.717) is 0 Å². The Morgan fingerprint density at radius 2 is 2.33 bits per heavy atom. The van der Waals surface area contributed by atoms with Crippen LogP contribution in [0.25, 0.3) is 0 Å². The van der Waals surface area contributed by atoms with E-state index >= 15 is 0 Å². The van der Waals surface area contributed by atoms with E-state index < -0.39 is 0 Å². The van der Waals surface area contributed by atoms with Gasteiger partial charge in [-0.3, -0.25) is 0 Å². The summed E-state index contributed by atoms with van der Waals surface area (Å²) in [4.78, 5) is 0. The standard InChI is InChI=1S/C12H14BrNO/c1-9(13)7-14-8-11-6-10-4-2-3-5-12(10)15-11/h2-5,11,14H,1,6-8H2. The fourth-order valence-electron chi connectivity index (χ4n) is 1.74. The fraction of sp³-hybridized carbons (Fsp3) is 0.333. The summed E-state index contributed by atoms with van der Waals surface area (Å²) in [5.74, 6) is 1.03. The highest BCUT2D eigenvalue weighted by Crippen LogP contribution is 2.27. The Hall–Kier alpha value is -0.800. The zero-order valence-corrected chi connectivity index (χ0v) is 10.1. The van der Waals surface area contributed by atoms with Gasteiger partial charge >= 0.3 is 0 Å². The van der Waals surface area contributed by atoms with Crippen LogP contribution in [0.2, 0.25) is 0 Å². The van der Waals surface area contributed by atoms with Gasteiger partial charge in [0, 0.05) is 24.0 Å². The normalized spacial score (nSPS) is 18.3. The van der Waals surface area contributed by atoms with Crippen LogP contribution in [0.4, 0.5) is 0 Å². The van der Waals surface area contributed by atoms with Crippen LogP contribution in [0.15, 0.2) is 35.3 Å². The van der Waals surface area contributed by atoms with Crippen molar-refractivity contribution >= 4 is 15.9 Å². The number of ether oxygens (including phenoxy) is 1. The molecule has 0 spiro atoms. The quantitative estimate of drug-likeness (QED) is 0.905. The maximum absolute atomic E-state index is 5.78. The van der Waals surface area contributed by atoms with E-state index in [2.05, 4.69) is 40.0 Å². The topological polar surface area (TPSA) is 21.3 Å². The van der Waals surface area contributed by atoms with Crippen LogP contribution < -0.4 is 10.1 Å². The van der Waals surface area contributed by atoms with Gasteiger partial charge in [0.05, 0.1) is 0 Å². The highest BCUT2D eigenvalue weighted by molar-refractivity contribution is 9.11. The lowest BCUT2D eigenvalue weighted by molar-refractivity contribution is 0.229. The fourth-order valence-corrected chi connectivity index (χ4v) is 1.93. The Balaban J connectivity index is 1.83. The minimum absolute atomic E-state index is 0.259. The predicted molar refractivity (Wildman–Crippen MR) is 65.5 cm³/mol. The first-order chi connectivity index (χ1) is 7.25. The lowest BCUT2D eigenvalue weighted by Gasteiger charge is -2.11. The Labute approximate surface area is 98.5 Å². The van der Waals surface area contributed by atoms with Crippen molar-refractivity contribution in [2.24, 2.45) is 0 Å². The lowest BCUT2D eigenvalue weighted by atomic mass is 10.1. The minimum Gasteiger partial charge on any atom is -0.488 e. The summed E-state index contributed by atoms with van der Waals surface area (Å²) in [6, 6.07) is 8.21. The molecule has 1 unspecified atom stereocenters. The minimum atomic E-state index is 0.259. The van der Waals surface area contributed by atoms with Crippen LogP contribution in [0.1, 0.15) is 5.56 Å². The lowest BCUT2D eigenvalue weighted by Crippen LogP contribution is -2.30. The third-order valence-corrected chi connectivity index (χ3v) is 2.68. The number of fused-ring (bicyclic) bond motifs is 1. The predicted octanol–water partition coefficient (Wildman–Crippen LogP) is 2.49. The molecule has 2 rings (SSSR count). The average molecular weight is 268 g/mol. The van der Waals surface area contributed by atoms with Gasteiger partial charge in [0.1, 0.15) is 11.9 Å². The van der Waals surface area contributed by atoms with Crippen molar-refractivity contribution in [3.05, 3.63) is 40.9 Å². The molecule has 1 aliphatic heterocycles. The molecule has 0 fully saturated rings. The van der Waals surface area contributed by atoms with Gasteiger partial charge in [-0.1, -0.05) is 40.7 Å². The van der Waals surface area contributed by atoms with Crippen LogP contribution in [0, 0.1) is 0 Å². The summed E-state index contributed by atoms with van der Waals surface area (Å²) in [5, 5.41) is 3.29. The van der Waals surface area contributed by atoms with E-state index in [9.17, 15) is 0 Å². The second-order valence-corrected chi connectivity index (χ2v) is 4.82. The average Bonchev–Trinajstić information content (AvgIpc) is 2.59. The van der Waals surface area contributed by atoms with E-state index in [1.54, 1.807) is 0 Å². The molecule has 80 valence electrons. The molecule has 0 aliphatic carbocycles. The molecule has 0 amide bonds. The van der Waals surface area contributed by atoms with Gasteiger partial charge in [-0.25, -0.2) is 0 Å². The summed E-state index contributed by atoms with van der Waals surface area (Å²) in [6.07, 6.45) is 1.26. The van der Waals surface area contributed by atoms with E-state index in [1.807, 2.05) is 12.1 Å². The molecule has 15 heavy (non-hydrogen) atoms. The van der Waals surface area contributed by atoms with Gasteiger partial charge in [-0.15, -0.1) is 0 Å². The van der Waals surface area contributed by atoms with Crippen LogP contribution in [0.3, 0.4) is 0 Å². The highest BCUT2D eigenvalue weighted by Gasteiger charge is 2.21. The molecule has 3 heteroatoms. The number of hydrogen-bond acceptors (Lipinski definition) is 2. The van der Waals surface area contributed by atoms with E-state index in [1.165, 1.54) is 5.56 Å². The van der Waals surface area contributed by atoms with Crippen LogP contribution in [-0.2, 0) is 6.42 Å². The zero-order chi connectivity index (χ0) is 10.7. The smallest absolute Gasteiger partial charge is 0.123 e. The SMILES string of the molecule is C=C(Br)CNCC1Cc2ccccc2O1. The number of benzene rings is 1. The molecule has 0 saturated heterocycles. The first-order valence-corrected chi connectivity index (χ1v) is 5.83. The van der Waals surface area contributed by atoms with Crippen molar-refractivity contribution in [2.75, 3.05) is 13.1 Å². The van der Waals surface area contributed by atoms with Gasteiger partial charge in [0.15, 0.2) is 0 Å². The monoisotopic (exact) mass is 267 g/mol. The van der Waals surface area contributed by atoms with Crippen LogP contribution in [-0.4, -0.2) is 19.2 Å². The second-order valence-electron chi connectivity index (χ2n) is 3.70. The van der Waals surface area contributed by atoms with Gasteiger partial charge < -0.3 is 10.1 Å². The molecule has 0 aromatic heterocycles. The molecule has 1 N–H and O–H groups in total. The van der Waals surface area contributed by atoms with Gasteiger partial charge in [-0.2, -0.15) is 0 Å². The Morgan fingerprint density at radius 1 is 1.53 bits per heavy atom. The summed E-state index contributed by atoms with van der Waals surface area (Å²) >= 11 is 3.31. The van der Waals surface area contributed by atoms with E-state index in [4.69, 9.17) is 4.74 Å². The molecule has 0 radical (unpaired) electrons. The third kappa shape index (κ3) is 2.83. The number of rotatable bonds is 4. The molecule has 0 bridgehead atoms. The van der Waals surface area contributed by atoms with Gasteiger partial charge in [0.2, 0.25) is 0 Å². The first kappa shape index (κ1) is 10.7. The number of nitrogens with one attached hydrogen (secondary N) is 1. The molecular weight excluding hydrogens is 254 g/mol. The van der Waals surface area contributed by atoms with Crippen molar-refractivity contribution in [1.29, 1.82) is 0 Å². The highest BCUT2D eigenvalue weighted by atomic mass is 79.9. The largest absolute Gasteiger partial charge is 0.488 e. The maximum atomic E-state index is 5.78. The summed E-state index contributed by atoms with van der Waals surface area (Å²) < 4.78 is 6.75. The van der Waals surface area contributed by atoms with Crippen molar-refractivity contribution in [3.63, 3.8) is 0 Å².